The van der Waals surface area contributed by atoms with E-state index >= 15 is 0 Å². The zero-order valence-electron chi connectivity index (χ0n) is 14.5. The summed E-state index contributed by atoms with van der Waals surface area (Å²) in [5.41, 5.74) is 0. The molecule has 2 aliphatic rings. The Hall–Kier alpha value is -1.92. The lowest BCUT2D eigenvalue weighted by Gasteiger charge is -2.46. The lowest BCUT2D eigenvalue weighted by molar-refractivity contribution is 0.0727. The molecule has 2 aromatic rings. The van der Waals surface area contributed by atoms with Crippen LogP contribution in [-0.4, -0.2) is 53.9 Å². The average Bonchev–Trinajstić information content (AvgIpc) is 2.67. The smallest absolute Gasteiger partial charge is 0.151 e. The third-order valence-electron chi connectivity index (χ3n) is 5.25. The van der Waals surface area contributed by atoms with Gasteiger partial charge in [-0.15, -0.1) is 10.2 Å². The molecule has 0 bridgehead atoms. The molecule has 0 saturated carbocycles. The van der Waals surface area contributed by atoms with Crippen molar-refractivity contribution in [1.29, 1.82) is 0 Å². The van der Waals surface area contributed by atoms with Crippen molar-refractivity contribution in [3.63, 3.8) is 0 Å². The van der Waals surface area contributed by atoms with Crippen LogP contribution in [-0.2, 0) is 0 Å². The normalized spacial score (nSPS) is 23.5. The fourth-order valence-electron chi connectivity index (χ4n) is 3.82. The first-order chi connectivity index (χ1) is 12.7. The van der Waals surface area contributed by atoms with E-state index in [0.29, 0.717) is 23.7 Å². The minimum absolute atomic E-state index is 0.235. The summed E-state index contributed by atoms with van der Waals surface area (Å²) in [5, 5.41) is 8.58. The van der Waals surface area contributed by atoms with E-state index in [9.17, 15) is 4.39 Å². The van der Waals surface area contributed by atoms with Crippen LogP contribution < -0.4 is 9.64 Å². The van der Waals surface area contributed by atoms with Crippen molar-refractivity contribution in [3.8, 4) is 5.75 Å². The van der Waals surface area contributed by atoms with E-state index in [2.05, 4.69) is 20.0 Å². The number of nitrogens with zero attached hydrogens (tertiary/aromatic N) is 4. The standard InChI is InChI=1S/C19H22ClFN4O/c20-18-7-8-19(23-22-18)25-10-9-24-11-14(1-4-16(24)12-25)13-26-17-5-2-15(21)3-6-17/h2-3,5-8,14,16H,1,4,9-13H2. The Balaban J connectivity index is 1.29. The van der Waals surface area contributed by atoms with Gasteiger partial charge in [-0.1, -0.05) is 11.6 Å². The molecule has 0 radical (unpaired) electrons. The van der Waals surface area contributed by atoms with Gasteiger partial charge in [0.1, 0.15) is 11.6 Å². The Morgan fingerprint density at radius 3 is 2.65 bits per heavy atom. The second-order valence-electron chi connectivity index (χ2n) is 7.02. The highest BCUT2D eigenvalue weighted by Crippen LogP contribution is 2.27. The molecular formula is C19H22ClFN4O. The first-order valence-electron chi connectivity index (χ1n) is 9.04. The average molecular weight is 377 g/mol. The van der Waals surface area contributed by atoms with Gasteiger partial charge >= 0.3 is 0 Å². The topological polar surface area (TPSA) is 41.5 Å². The van der Waals surface area contributed by atoms with Crippen LogP contribution in [0.2, 0.25) is 5.15 Å². The lowest BCUT2D eigenvalue weighted by Crippen LogP contribution is -2.57. The molecule has 2 fully saturated rings. The number of halogens is 2. The van der Waals surface area contributed by atoms with Gasteiger partial charge in [-0.25, -0.2) is 4.39 Å². The van der Waals surface area contributed by atoms with E-state index in [0.717, 1.165) is 50.6 Å². The summed E-state index contributed by atoms with van der Waals surface area (Å²) in [7, 11) is 0. The first-order valence-corrected chi connectivity index (χ1v) is 9.42. The molecule has 4 rings (SSSR count). The summed E-state index contributed by atoms with van der Waals surface area (Å²) >= 11 is 5.83. The van der Waals surface area contributed by atoms with Crippen LogP contribution in [0.15, 0.2) is 36.4 Å². The molecule has 0 aliphatic carbocycles. The van der Waals surface area contributed by atoms with E-state index in [-0.39, 0.29) is 5.82 Å². The molecule has 3 heterocycles. The molecule has 5 nitrogen and oxygen atoms in total. The highest BCUT2D eigenvalue weighted by Gasteiger charge is 2.33. The predicted molar refractivity (Wildman–Crippen MR) is 99.2 cm³/mol. The monoisotopic (exact) mass is 376 g/mol. The van der Waals surface area contributed by atoms with E-state index < -0.39 is 0 Å². The Morgan fingerprint density at radius 2 is 1.88 bits per heavy atom. The first kappa shape index (κ1) is 17.5. The maximum absolute atomic E-state index is 13.0. The third-order valence-corrected chi connectivity index (χ3v) is 5.45. The molecular weight excluding hydrogens is 355 g/mol. The molecule has 0 spiro atoms. The minimum atomic E-state index is -0.235. The van der Waals surface area contributed by atoms with Gasteiger partial charge in [-0.05, 0) is 49.2 Å². The van der Waals surface area contributed by atoms with Crippen LogP contribution in [0.1, 0.15) is 12.8 Å². The van der Waals surface area contributed by atoms with E-state index in [1.54, 1.807) is 18.2 Å². The van der Waals surface area contributed by atoms with Gasteiger partial charge < -0.3 is 9.64 Å². The molecule has 0 N–H and O–H groups in total. The summed E-state index contributed by atoms with van der Waals surface area (Å²) in [6.45, 7) is 4.66. The Kier molecular flexibility index (Phi) is 5.22. The van der Waals surface area contributed by atoms with E-state index in [1.807, 2.05) is 6.07 Å². The summed E-state index contributed by atoms with van der Waals surface area (Å²) in [6.07, 6.45) is 2.29. The number of piperazine rings is 1. The van der Waals surface area contributed by atoms with E-state index in [1.165, 1.54) is 12.1 Å². The van der Waals surface area contributed by atoms with Crippen LogP contribution in [0.4, 0.5) is 10.2 Å². The highest BCUT2D eigenvalue weighted by atomic mass is 35.5. The number of hydrogen-bond donors (Lipinski definition) is 0. The zero-order chi connectivity index (χ0) is 17.9. The van der Waals surface area contributed by atoms with Crippen molar-refractivity contribution in [3.05, 3.63) is 47.4 Å². The van der Waals surface area contributed by atoms with Crippen LogP contribution in [0.25, 0.3) is 0 Å². The fraction of sp³-hybridized carbons (Fsp3) is 0.474. The van der Waals surface area contributed by atoms with Crippen LogP contribution >= 0.6 is 11.6 Å². The molecule has 1 aromatic heterocycles. The van der Waals surface area contributed by atoms with Gasteiger partial charge in [0.15, 0.2) is 11.0 Å². The Labute approximate surface area is 157 Å². The number of fused-ring (bicyclic) bond motifs is 1. The number of aromatic nitrogens is 2. The molecule has 2 saturated heterocycles. The Bertz CT molecular complexity index is 727. The maximum Gasteiger partial charge on any atom is 0.151 e. The van der Waals surface area contributed by atoms with Crippen LogP contribution in [0.5, 0.6) is 5.75 Å². The van der Waals surface area contributed by atoms with Crippen LogP contribution in [0, 0.1) is 11.7 Å². The van der Waals surface area contributed by atoms with Crippen molar-refractivity contribution in [2.24, 2.45) is 5.92 Å². The summed E-state index contributed by atoms with van der Waals surface area (Å²) in [6, 6.07) is 10.5. The number of rotatable bonds is 4. The van der Waals surface area contributed by atoms with Gasteiger partial charge in [0.05, 0.1) is 6.61 Å². The van der Waals surface area contributed by atoms with Crippen molar-refractivity contribution in [2.75, 3.05) is 37.7 Å². The molecule has 138 valence electrons. The van der Waals surface area contributed by atoms with Gasteiger partial charge in [-0.3, -0.25) is 4.90 Å². The molecule has 0 amide bonds. The molecule has 1 aromatic carbocycles. The minimum Gasteiger partial charge on any atom is -0.493 e. The number of ether oxygens (including phenoxy) is 1. The molecule has 2 aliphatic heterocycles. The molecule has 26 heavy (non-hydrogen) atoms. The Morgan fingerprint density at radius 1 is 1.04 bits per heavy atom. The molecule has 2 unspecified atom stereocenters. The van der Waals surface area contributed by atoms with Gasteiger partial charge in [0.2, 0.25) is 0 Å². The van der Waals surface area contributed by atoms with E-state index in [4.69, 9.17) is 16.3 Å². The summed E-state index contributed by atoms with van der Waals surface area (Å²) < 4.78 is 18.8. The zero-order valence-corrected chi connectivity index (χ0v) is 15.3. The predicted octanol–water partition coefficient (Wildman–Crippen LogP) is 3.25. The van der Waals surface area contributed by atoms with Gasteiger partial charge in [0.25, 0.3) is 0 Å². The second-order valence-corrected chi connectivity index (χ2v) is 7.40. The largest absolute Gasteiger partial charge is 0.493 e. The van der Waals surface area contributed by atoms with Crippen molar-refractivity contribution in [1.82, 2.24) is 15.1 Å². The summed E-state index contributed by atoms with van der Waals surface area (Å²) in [4.78, 5) is 4.85. The second kappa shape index (κ2) is 7.76. The third kappa shape index (κ3) is 4.07. The van der Waals surface area contributed by atoms with Crippen molar-refractivity contribution in [2.45, 2.75) is 18.9 Å². The number of hydrogen-bond acceptors (Lipinski definition) is 5. The molecule has 2 atom stereocenters. The SMILES string of the molecule is Fc1ccc(OCC2CCC3CN(c4ccc(Cl)nn4)CCN3C2)cc1. The maximum atomic E-state index is 13.0. The molecule has 7 heteroatoms. The fourth-order valence-corrected chi connectivity index (χ4v) is 3.93. The van der Waals surface area contributed by atoms with Crippen molar-refractivity contribution < 1.29 is 9.13 Å². The summed E-state index contributed by atoms with van der Waals surface area (Å²) in [5.74, 6) is 1.91. The quantitative estimate of drug-likeness (QED) is 0.819. The highest BCUT2D eigenvalue weighted by molar-refractivity contribution is 6.29. The number of piperidine rings is 1. The van der Waals surface area contributed by atoms with Gasteiger partial charge in [0, 0.05) is 38.1 Å². The van der Waals surface area contributed by atoms with Gasteiger partial charge in [-0.2, -0.15) is 0 Å². The number of benzene rings is 1. The number of anilines is 1. The van der Waals surface area contributed by atoms with Crippen LogP contribution in [0.3, 0.4) is 0 Å². The lowest BCUT2D eigenvalue weighted by atomic mass is 9.91. The van der Waals surface area contributed by atoms with Crippen molar-refractivity contribution >= 4 is 17.4 Å².